The zero-order valence-corrected chi connectivity index (χ0v) is 8.86. The van der Waals surface area contributed by atoms with Crippen molar-refractivity contribution in [2.24, 2.45) is 5.73 Å². The van der Waals surface area contributed by atoms with Crippen molar-refractivity contribution in [1.82, 2.24) is 0 Å². The van der Waals surface area contributed by atoms with Crippen LogP contribution in [0.15, 0.2) is 24.3 Å². The van der Waals surface area contributed by atoms with Gasteiger partial charge >= 0.3 is 0 Å². The minimum absolute atomic E-state index is 0.163. The quantitative estimate of drug-likeness (QED) is 0.733. The van der Waals surface area contributed by atoms with E-state index in [1.807, 2.05) is 6.92 Å². The third-order valence-electron chi connectivity index (χ3n) is 1.94. The van der Waals surface area contributed by atoms with Gasteiger partial charge in [-0.25, -0.2) is 0 Å². The highest BCUT2D eigenvalue weighted by molar-refractivity contribution is 7.86. The lowest BCUT2D eigenvalue weighted by molar-refractivity contribution is -0.117. The average Bonchev–Trinajstić information content (AvgIpc) is 2.05. The molecule has 0 saturated heterocycles. The molecule has 0 aliphatic heterocycles. The van der Waals surface area contributed by atoms with E-state index in [4.69, 9.17) is 10.3 Å². The molecule has 0 bridgehead atoms. The van der Waals surface area contributed by atoms with Crippen LogP contribution < -0.4 is 5.73 Å². The molecule has 82 valence electrons. The second-order valence-electron chi connectivity index (χ2n) is 3.21. The van der Waals surface area contributed by atoms with Crippen molar-refractivity contribution >= 4 is 16.0 Å². The summed E-state index contributed by atoms with van der Waals surface area (Å²) in [4.78, 5) is 10.9. The number of nitrogens with two attached hydrogens (primary N) is 1. The predicted molar refractivity (Wildman–Crippen MR) is 54.7 cm³/mol. The van der Waals surface area contributed by atoms with Crippen LogP contribution in [0.4, 0.5) is 0 Å². The lowest BCUT2D eigenvalue weighted by Gasteiger charge is -2.10. The first-order chi connectivity index (χ1) is 6.82. The van der Waals surface area contributed by atoms with Crippen molar-refractivity contribution in [3.8, 4) is 0 Å². The van der Waals surface area contributed by atoms with Crippen LogP contribution in [0.25, 0.3) is 0 Å². The Morgan fingerprint density at radius 2 is 1.80 bits per heavy atom. The molecule has 1 unspecified atom stereocenters. The molecule has 0 aliphatic rings. The van der Waals surface area contributed by atoms with Gasteiger partial charge in [0.15, 0.2) is 5.25 Å². The molecule has 1 amide bonds. The number of hydrogen-bond acceptors (Lipinski definition) is 3. The van der Waals surface area contributed by atoms with E-state index < -0.39 is 21.3 Å². The molecule has 0 saturated carbocycles. The maximum atomic E-state index is 10.9. The van der Waals surface area contributed by atoms with Crippen LogP contribution >= 0.6 is 0 Å². The van der Waals surface area contributed by atoms with Crippen molar-refractivity contribution in [2.45, 2.75) is 12.2 Å². The number of aryl methyl sites for hydroxylation is 1. The molecule has 5 nitrogen and oxygen atoms in total. The Hall–Kier alpha value is -1.40. The molecule has 0 spiro atoms. The summed E-state index contributed by atoms with van der Waals surface area (Å²) in [6.07, 6.45) is 0. The number of rotatable bonds is 3. The molecule has 1 rings (SSSR count). The number of benzene rings is 1. The molecule has 15 heavy (non-hydrogen) atoms. The maximum Gasteiger partial charge on any atom is 0.281 e. The first-order valence-corrected chi connectivity index (χ1v) is 5.65. The molecule has 1 aromatic carbocycles. The van der Waals surface area contributed by atoms with Gasteiger partial charge in [0.25, 0.3) is 10.1 Å². The van der Waals surface area contributed by atoms with Gasteiger partial charge in [-0.15, -0.1) is 0 Å². The van der Waals surface area contributed by atoms with Gasteiger partial charge in [-0.3, -0.25) is 9.35 Å². The third-order valence-corrected chi connectivity index (χ3v) is 3.04. The molecular weight excluding hydrogens is 218 g/mol. The zero-order chi connectivity index (χ0) is 11.6. The summed E-state index contributed by atoms with van der Waals surface area (Å²) in [5, 5.41) is -1.70. The second-order valence-corrected chi connectivity index (χ2v) is 4.71. The summed E-state index contributed by atoms with van der Waals surface area (Å²) in [7, 11) is -4.50. The van der Waals surface area contributed by atoms with Gasteiger partial charge in [0.05, 0.1) is 0 Å². The lowest BCUT2D eigenvalue weighted by Crippen LogP contribution is -2.28. The Morgan fingerprint density at radius 1 is 1.33 bits per heavy atom. The molecule has 3 N–H and O–H groups in total. The molecule has 0 aliphatic carbocycles. The zero-order valence-electron chi connectivity index (χ0n) is 8.04. The summed E-state index contributed by atoms with van der Waals surface area (Å²) >= 11 is 0. The maximum absolute atomic E-state index is 10.9. The summed E-state index contributed by atoms with van der Waals surface area (Å²) in [5.74, 6) is -1.10. The smallest absolute Gasteiger partial charge is 0.281 e. The topological polar surface area (TPSA) is 97.5 Å². The minimum Gasteiger partial charge on any atom is -0.368 e. The first kappa shape index (κ1) is 11.7. The highest BCUT2D eigenvalue weighted by Crippen LogP contribution is 2.21. The Kier molecular flexibility index (Phi) is 3.11. The summed E-state index contributed by atoms with van der Waals surface area (Å²) in [5.41, 5.74) is 5.99. The molecule has 1 aromatic rings. The summed E-state index contributed by atoms with van der Waals surface area (Å²) in [6.45, 7) is 1.82. The molecule has 1 atom stereocenters. The summed E-state index contributed by atoms with van der Waals surface area (Å²) < 4.78 is 30.7. The van der Waals surface area contributed by atoms with E-state index in [1.54, 1.807) is 12.1 Å². The van der Waals surface area contributed by atoms with Crippen LogP contribution in [0.3, 0.4) is 0 Å². The van der Waals surface area contributed by atoms with E-state index in [1.165, 1.54) is 12.1 Å². The van der Waals surface area contributed by atoms with E-state index in [-0.39, 0.29) is 5.56 Å². The normalized spacial score (nSPS) is 13.5. The SMILES string of the molecule is Cc1ccc(C(C(N)=O)S(=O)(=O)O)cc1. The van der Waals surface area contributed by atoms with Crippen LogP contribution in [0.5, 0.6) is 0 Å². The highest BCUT2D eigenvalue weighted by Gasteiger charge is 2.30. The standard InChI is InChI=1S/C9H11NO4S/c1-6-2-4-7(5-3-6)8(9(10)11)15(12,13)14/h2-5,8H,1H3,(H2,10,11)(H,12,13,14). The van der Waals surface area contributed by atoms with Gasteiger partial charge in [-0.1, -0.05) is 29.8 Å². The fourth-order valence-corrected chi connectivity index (χ4v) is 2.02. The van der Waals surface area contributed by atoms with Gasteiger partial charge in [0.1, 0.15) is 0 Å². The van der Waals surface area contributed by atoms with Crippen LogP contribution in [0.2, 0.25) is 0 Å². The van der Waals surface area contributed by atoms with Crippen molar-refractivity contribution in [1.29, 1.82) is 0 Å². The Labute approximate surface area is 87.7 Å². The number of carbonyl (C=O) groups excluding carboxylic acids is 1. The Morgan fingerprint density at radius 3 is 2.13 bits per heavy atom. The van der Waals surface area contributed by atoms with Crippen LogP contribution in [-0.4, -0.2) is 18.9 Å². The molecule has 0 aromatic heterocycles. The van der Waals surface area contributed by atoms with Crippen LogP contribution in [-0.2, 0) is 14.9 Å². The third kappa shape index (κ3) is 2.77. The van der Waals surface area contributed by atoms with Crippen molar-refractivity contribution < 1.29 is 17.8 Å². The Balaban J connectivity index is 3.23. The lowest BCUT2D eigenvalue weighted by atomic mass is 10.1. The number of carbonyl (C=O) groups is 1. The number of primary amides is 1. The highest BCUT2D eigenvalue weighted by atomic mass is 32.2. The fraction of sp³-hybridized carbons (Fsp3) is 0.222. The van der Waals surface area contributed by atoms with E-state index in [9.17, 15) is 13.2 Å². The van der Waals surface area contributed by atoms with Gasteiger partial charge in [-0.05, 0) is 12.5 Å². The van der Waals surface area contributed by atoms with Crippen molar-refractivity contribution in [2.75, 3.05) is 0 Å². The number of hydrogen-bond donors (Lipinski definition) is 2. The molecule has 6 heteroatoms. The largest absolute Gasteiger partial charge is 0.368 e. The minimum atomic E-state index is -4.50. The van der Waals surface area contributed by atoms with E-state index in [2.05, 4.69) is 0 Å². The van der Waals surface area contributed by atoms with E-state index in [0.717, 1.165) is 5.56 Å². The van der Waals surface area contributed by atoms with Gasteiger partial charge in [0, 0.05) is 0 Å². The number of amides is 1. The first-order valence-electron chi connectivity index (χ1n) is 4.14. The molecule has 0 fully saturated rings. The van der Waals surface area contributed by atoms with Crippen LogP contribution in [0, 0.1) is 6.92 Å². The van der Waals surface area contributed by atoms with E-state index >= 15 is 0 Å². The second kappa shape index (κ2) is 4.00. The predicted octanol–water partition coefficient (Wildman–Crippen LogP) is 0.409. The van der Waals surface area contributed by atoms with Crippen molar-refractivity contribution in [3.05, 3.63) is 35.4 Å². The molecule has 0 radical (unpaired) electrons. The van der Waals surface area contributed by atoms with Gasteiger partial charge in [0.2, 0.25) is 5.91 Å². The van der Waals surface area contributed by atoms with Crippen LogP contribution in [0.1, 0.15) is 16.4 Å². The van der Waals surface area contributed by atoms with Gasteiger partial charge in [-0.2, -0.15) is 8.42 Å². The van der Waals surface area contributed by atoms with Crippen molar-refractivity contribution in [3.63, 3.8) is 0 Å². The van der Waals surface area contributed by atoms with E-state index in [0.29, 0.717) is 0 Å². The summed E-state index contributed by atoms with van der Waals surface area (Å²) in [6, 6.07) is 6.16. The fourth-order valence-electron chi connectivity index (χ4n) is 1.22. The molecular formula is C9H11NO4S. The molecule has 0 heterocycles. The van der Waals surface area contributed by atoms with Gasteiger partial charge < -0.3 is 5.73 Å². The average molecular weight is 229 g/mol. The monoisotopic (exact) mass is 229 g/mol. The Bertz CT molecular complexity index is 463.